The number of halogens is 3. The number of hydrazine groups is 1. The third-order valence-corrected chi connectivity index (χ3v) is 4.05. The van der Waals surface area contributed by atoms with E-state index in [9.17, 15) is 32.3 Å². The quantitative estimate of drug-likeness (QED) is 0.383. The zero-order chi connectivity index (χ0) is 22.3. The van der Waals surface area contributed by atoms with Gasteiger partial charge in [0, 0.05) is 11.6 Å². The number of ether oxygens (including phenoxy) is 1. The predicted octanol–water partition coefficient (Wildman–Crippen LogP) is 3.07. The number of hydrogen-bond acceptors (Lipinski definition) is 8. The summed E-state index contributed by atoms with van der Waals surface area (Å²) in [6.07, 6.45) is -6.79. The van der Waals surface area contributed by atoms with Crippen molar-refractivity contribution >= 4 is 46.3 Å². The summed E-state index contributed by atoms with van der Waals surface area (Å²) in [4.78, 5) is 51.2. The molecule has 0 aliphatic carbocycles. The number of benzene rings is 1. The van der Waals surface area contributed by atoms with Crippen LogP contribution in [-0.2, 0) is 25.3 Å². The number of nitrogens with one attached hydrogen (secondary N) is 2. The number of nitrogens with zero attached hydrogens (tertiary/aromatic N) is 2. The molecule has 2 aromatic rings. The van der Waals surface area contributed by atoms with Crippen molar-refractivity contribution in [3.63, 3.8) is 0 Å². The summed E-state index contributed by atoms with van der Waals surface area (Å²) in [5.41, 5.74) is 0.237. The molecule has 9 nitrogen and oxygen atoms in total. The zero-order valence-electron chi connectivity index (χ0n) is 15.3. The zero-order valence-corrected chi connectivity index (χ0v) is 16.1. The van der Waals surface area contributed by atoms with Crippen LogP contribution < -0.4 is 10.7 Å². The number of thiazole rings is 1. The maximum absolute atomic E-state index is 13.2. The Morgan fingerprint density at radius 1 is 1.30 bits per heavy atom. The predicted molar refractivity (Wildman–Crippen MR) is 99.3 cm³/mol. The van der Waals surface area contributed by atoms with Crippen LogP contribution in [0.25, 0.3) is 0 Å². The topological polar surface area (TPSA) is 118 Å². The molecule has 1 unspecified atom stereocenters. The van der Waals surface area contributed by atoms with E-state index in [-0.39, 0.29) is 16.4 Å². The molecular formula is C17H15F3N4O5S. The highest BCUT2D eigenvalue weighted by Gasteiger charge is 2.35. The van der Waals surface area contributed by atoms with E-state index in [1.54, 1.807) is 5.38 Å². The molecule has 0 spiro atoms. The molecule has 1 aromatic carbocycles. The van der Waals surface area contributed by atoms with Gasteiger partial charge in [0.1, 0.15) is 6.42 Å². The van der Waals surface area contributed by atoms with Crippen LogP contribution in [0.4, 0.5) is 28.8 Å². The van der Waals surface area contributed by atoms with E-state index in [0.717, 1.165) is 29.5 Å². The molecule has 13 heteroatoms. The van der Waals surface area contributed by atoms with Gasteiger partial charge in [-0.1, -0.05) is 12.1 Å². The Morgan fingerprint density at radius 2 is 2.00 bits per heavy atom. The van der Waals surface area contributed by atoms with Crippen LogP contribution in [0.5, 0.6) is 0 Å². The SMILES string of the molecule is CC(C=O)OC(=O)N(Nc1ccccc1C(F)(F)F)C(=O)CC(=O)Nc1nccs1. The van der Waals surface area contributed by atoms with Crippen molar-refractivity contribution in [2.24, 2.45) is 0 Å². The molecule has 0 saturated heterocycles. The molecule has 160 valence electrons. The minimum absolute atomic E-state index is 0.103. The lowest BCUT2D eigenvalue weighted by Crippen LogP contribution is -2.44. The average Bonchev–Trinajstić information content (AvgIpc) is 3.17. The highest BCUT2D eigenvalue weighted by Crippen LogP contribution is 2.34. The first-order valence-electron chi connectivity index (χ1n) is 8.23. The van der Waals surface area contributed by atoms with Gasteiger partial charge in [0.15, 0.2) is 17.5 Å². The van der Waals surface area contributed by atoms with Gasteiger partial charge < -0.3 is 10.1 Å². The number of anilines is 2. The van der Waals surface area contributed by atoms with Gasteiger partial charge in [0.25, 0.3) is 5.91 Å². The van der Waals surface area contributed by atoms with E-state index in [0.29, 0.717) is 0 Å². The number of carbonyl (C=O) groups excluding carboxylic acids is 4. The minimum Gasteiger partial charge on any atom is -0.437 e. The van der Waals surface area contributed by atoms with E-state index < -0.39 is 47.9 Å². The summed E-state index contributed by atoms with van der Waals surface area (Å²) in [6.45, 7) is 1.19. The fourth-order valence-electron chi connectivity index (χ4n) is 2.06. The standard InChI is InChI=1S/C17H15F3N4O5S/c1-10(9-25)29-16(28)24(14(27)8-13(26)22-15-21-6-7-30-15)23-12-5-3-2-4-11(12)17(18,19)20/h2-7,9-10,23H,8H2,1H3,(H,21,22,26). The third kappa shape index (κ3) is 6.27. The van der Waals surface area contributed by atoms with Crippen LogP contribution in [0.15, 0.2) is 35.8 Å². The smallest absolute Gasteiger partial charge is 0.436 e. The number of hydrogen-bond donors (Lipinski definition) is 2. The van der Waals surface area contributed by atoms with E-state index in [1.807, 2.05) is 5.43 Å². The number of amides is 3. The lowest BCUT2D eigenvalue weighted by atomic mass is 10.2. The number of aromatic nitrogens is 1. The van der Waals surface area contributed by atoms with Crippen molar-refractivity contribution in [2.75, 3.05) is 10.7 Å². The number of aldehydes is 1. The second-order valence-electron chi connectivity index (χ2n) is 5.67. The summed E-state index contributed by atoms with van der Waals surface area (Å²) in [5.74, 6) is -2.08. The van der Waals surface area contributed by atoms with E-state index >= 15 is 0 Å². The van der Waals surface area contributed by atoms with Crippen LogP contribution in [0, 0.1) is 0 Å². The van der Waals surface area contributed by atoms with Crippen molar-refractivity contribution < 1.29 is 37.1 Å². The number of imide groups is 1. The van der Waals surface area contributed by atoms with Crippen LogP contribution in [0.3, 0.4) is 0 Å². The minimum atomic E-state index is -4.79. The molecular weight excluding hydrogens is 429 g/mol. The van der Waals surface area contributed by atoms with Gasteiger partial charge in [-0.05, 0) is 19.1 Å². The van der Waals surface area contributed by atoms with Crippen LogP contribution in [0.2, 0.25) is 0 Å². The van der Waals surface area contributed by atoms with Crippen molar-refractivity contribution in [3.05, 3.63) is 41.4 Å². The Labute approximate surface area is 171 Å². The summed E-state index contributed by atoms with van der Waals surface area (Å²) in [7, 11) is 0. The first kappa shape index (κ1) is 22.8. The Bertz CT molecular complexity index is 920. The Hall–Kier alpha value is -3.48. The fourth-order valence-corrected chi connectivity index (χ4v) is 2.61. The number of para-hydroxylation sites is 1. The van der Waals surface area contributed by atoms with Crippen molar-refractivity contribution in [1.29, 1.82) is 0 Å². The van der Waals surface area contributed by atoms with Crippen molar-refractivity contribution in [3.8, 4) is 0 Å². The molecule has 0 saturated carbocycles. The molecule has 0 radical (unpaired) electrons. The van der Waals surface area contributed by atoms with E-state index in [4.69, 9.17) is 0 Å². The fraction of sp³-hybridized carbons (Fsp3) is 0.235. The first-order chi connectivity index (χ1) is 14.1. The molecule has 1 aromatic heterocycles. The number of rotatable bonds is 7. The van der Waals surface area contributed by atoms with Gasteiger partial charge in [-0.15, -0.1) is 11.3 Å². The maximum Gasteiger partial charge on any atom is 0.436 e. The van der Waals surface area contributed by atoms with Gasteiger partial charge in [0.2, 0.25) is 5.91 Å². The summed E-state index contributed by atoms with van der Waals surface area (Å²) < 4.78 is 44.3. The highest BCUT2D eigenvalue weighted by atomic mass is 32.1. The van der Waals surface area contributed by atoms with Gasteiger partial charge in [-0.3, -0.25) is 19.8 Å². The molecule has 0 aliphatic heterocycles. The Balaban J connectivity index is 2.24. The lowest BCUT2D eigenvalue weighted by Gasteiger charge is -2.24. The molecule has 1 heterocycles. The van der Waals surface area contributed by atoms with Gasteiger partial charge in [0.05, 0.1) is 11.3 Å². The summed E-state index contributed by atoms with van der Waals surface area (Å²) in [6, 6.07) is 4.08. The number of carbonyl (C=O) groups is 4. The maximum atomic E-state index is 13.2. The molecule has 2 N–H and O–H groups in total. The molecule has 0 aliphatic rings. The van der Waals surface area contributed by atoms with Crippen molar-refractivity contribution in [1.82, 2.24) is 9.99 Å². The van der Waals surface area contributed by atoms with Gasteiger partial charge in [-0.25, -0.2) is 9.78 Å². The Morgan fingerprint density at radius 3 is 2.60 bits per heavy atom. The number of alkyl halides is 3. The van der Waals surface area contributed by atoms with Crippen LogP contribution in [0.1, 0.15) is 18.9 Å². The van der Waals surface area contributed by atoms with Gasteiger partial charge in [-0.2, -0.15) is 18.2 Å². The first-order valence-corrected chi connectivity index (χ1v) is 9.11. The largest absolute Gasteiger partial charge is 0.437 e. The van der Waals surface area contributed by atoms with Crippen molar-refractivity contribution in [2.45, 2.75) is 25.6 Å². The van der Waals surface area contributed by atoms with Gasteiger partial charge >= 0.3 is 12.3 Å². The van der Waals surface area contributed by atoms with E-state index in [1.165, 1.54) is 19.2 Å². The molecule has 2 rings (SSSR count). The molecule has 0 bridgehead atoms. The second-order valence-corrected chi connectivity index (χ2v) is 6.57. The molecule has 3 amide bonds. The van der Waals surface area contributed by atoms with Crippen LogP contribution >= 0.6 is 11.3 Å². The summed E-state index contributed by atoms with van der Waals surface area (Å²) in [5, 5.41) is 4.16. The summed E-state index contributed by atoms with van der Waals surface area (Å²) >= 11 is 1.07. The van der Waals surface area contributed by atoms with E-state index in [2.05, 4.69) is 15.0 Å². The van der Waals surface area contributed by atoms with Crippen LogP contribution in [-0.4, -0.2) is 40.3 Å². The average molecular weight is 444 g/mol. The molecule has 30 heavy (non-hydrogen) atoms. The second kappa shape index (κ2) is 9.82. The Kier molecular flexibility index (Phi) is 7.47. The highest BCUT2D eigenvalue weighted by molar-refractivity contribution is 7.13. The molecule has 0 fully saturated rings. The lowest BCUT2D eigenvalue weighted by molar-refractivity contribution is -0.138. The monoisotopic (exact) mass is 444 g/mol. The normalized spacial score (nSPS) is 11.9. The molecule has 1 atom stereocenters. The third-order valence-electron chi connectivity index (χ3n) is 3.37.